The highest BCUT2D eigenvalue weighted by atomic mass is 16.5. The van der Waals surface area contributed by atoms with E-state index in [1.54, 1.807) is 0 Å². The van der Waals surface area contributed by atoms with Crippen LogP contribution in [0.2, 0.25) is 0 Å². The fraction of sp³-hybridized carbons (Fsp3) is 0.286. The van der Waals surface area contributed by atoms with Crippen LogP contribution in [0.25, 0.3) is 33.3 Å². The fourth-order valence-corrected chi connectivity index (χ4v) is 4.99. The predicted molar refractivity (Wildman–Crippen MR) is 137 cm³/mol. The zero-order chi connectivity index (χ0) is 23.1. The minimum absolute atomic E-state index is 0.467. The lowest BCUT2D eigenvalue weighted by molar-refractivity contribution is 0.0665. The Hall–Kier alpha value is -3.64. The first-order chi connectivity index (χ1) is 16.6. The van der Waals surface area contributed by atoms with Gasteiger partial charge in [0.25, 0.3) is 0 Å². The monoisotopic (exact) mass is 451 g/mol. The third kappa shape index (κ3) is 4.17. The second kappa shape index (κ2) is 8.61. The number of H-pyrrole nitrogens is 2. The number of benzene rings is 2. The van der Waals surface area contributed by atoms with E-state index >= 15 is 0 Å². The van der Waals surface area contributed by atoms with Crippen molar-refractivity contribution in [1.29, 1.82) is 0 Å². The molecule has 2 aromatic carbocycles. The van der Waals surface area contributed by atoms with Crippen LogP contribution in [0, 0.1) is 12.8 Å². The molecular weight excluding hydrogens is 422 g/mol. The maximum Gasteiger partial charge on any atom is 0.180 e. The molecule has 1 aliphatic rings. The smallest absolute Gasteiger partial charge is 0.180 e. The van der Waals surface area contributed by atoms with Gasteiger partial charge < -0.3 is 20.4 Å². The van der Waals surface area contributed by atoms with E-state index in [-0.39, 0.29) is 0 Å². The van der Waals surface area contributed by atoms with Gasteiger partial charge in [0, 0.05) is 41.8 Å². The van der Waals surface area contributed by atoms with Crippen LogP contribution in [-0.4, -0.2) is 33.1 Å². The largest absolute Gasteiger partial charge is 0.384 e. The second-order valence-electron chi connectivity index (χ2n) is 9.50. The lowest BCUT2D eigenvalue weighted by Gasteiger charge is -2.21. The SMILES string of the molecule is Cc1ccc(Cc2nc3nc(N)cc(-c4cc5cc(CC6CCOCC6)ccc5[nH]4)c3[nH]2)cc1. The van der Waals surface area contributed by atoms with Gasteiger partial charge in [-0.3, -0.25) is 0 Å². The molecule has 6 heteroatoms. The zero-order valence-electron chi connectivity index (χ0n) is 19.4. The molecule has 6 rings (SSSR count). The molecule has 0 spiro atoms. The summed E-state index contributed by atoms with van der Waals surface area (Å²) in [5.74, 6) is 2.06. The number of rotatable bonds is 5. The number of pyridine rings is 1. The number of nitrogens with two attached hydrogens (primary N) is 1. The highest BCUT2D eigenvalue weighted by molar-refractivity contribution is 5.95. The zero-order valence-corrected chi connectivity index (χ0v) is 19.4. The molecule has 0 amide bonds. The molecule has 5 aromatic rings. The molecule has 0 bridgehead atoms. The van der Waals surface area contributed by atoms with E-state index < -0.39 is 0 Å². The van der Waals surface area contributed by atoms with Crippen LogP contribution in [0.15, 0.2) is 54.6 Å². The molecule has 34 heavy (non-hydrogen) atoms. The Bertz CT molecular complexity index is 1460. The number of aryl methyl sites for hydroxylation is 1. The number of nitrogens with one attached hydrogen (secondary N) is 2. The van der Waals surface area contributed by atoms with Crippen LogP contribution in [0.3, 0.4) is 0 Å². The summed E-state index contributed by atoms with van der Waals surface area (Å²) in [6.45, 7) is 3.87. The van der Waals surface area contributed by atoms with E-state index in [1.807, 2.05) is 6.07 Å². The molecule has 0 atom stereocenters. The summed E-state index contributed by atoms with van der Waals surface area (Å²) >= 11 is 0. The minimum atomic E-state index is 0.467. The minimum Gasteiger partial charge on any atom is -0.384 e. The Balaban J connectivity index is 1.33. The van der Waals surface area contributed by atoms with E-state index in [4.69, 9.17) is 15.5 Å². The summed E-state index contributed by atoms with van der Waals surface area (Å²) in [6, 6.07) is 19.4. The standard InChI is InChI=1S/C28H29N5O/c1-17-2-4-18(5-3-17)14-26-32-27-22(16-25(29)31-28(27)33-26)24-15-21-13-20(6-7-23(21)30-24)12-19-8-10-34-11-9-19/h2-7,13,15-16,19,30H,8-12,14H2,1H3,(H3,29,31,32,33). The molecule has 3 aromatic heterocycles. The van der Waals surface area contributed by atoms with Crippen molar-refractivity contribution in [3.63, 3.8) is 0 Å². The van der Waals surface area contributed by atoms with Crippen molar-refractivity contribution in [3.05, 3.63) is 77.1 Å². The van der Waals surface area contributed by atoms with Gasteiger partial charge >= 0.3 is 0 Å². The summed E-state index contributed by atoms with van der Waals surface area (Å²) in [5.41, 5.74) is 14.7. The topological polar surface area (TPSA) is 92.6 Å². The molecule has 1 saturated heterocycles. The van der Waals surface area contributed by atoms with Crippen molar-refractivity contribution >= 4 is 27.9 Å². The number of hydrogen-bond acceptors (Lipinski definition) is 4. The summed E-state index contributed by atoms with van der Waals surface area (Å²) < 4.78 is 5.52. The maximum atomic E-state index is 6.17. The Morgan fingerprint density at radius 3 is 2.56 bits per heavy atom. The molecule has 0 radical (unpaired) electrons. The summed E-state index contributed by atoms with van der Waals surface area (Å²) in [7, 11) is 0. The van der Waals surface area contributed by atoms with Crippen LogP contribution in [0.1, 0.15) is 35.4 Å². The molecule has 6 nitrogen and oxygen atoms in total. The molecular formula is C28H29N5O. The summed E-state index contributed by atoms with van der Waals surface area (Å²) in [4.78, 5) is 16.3. The summed E-state index contributed by atoms with van der Waals surface area (Å²) in [5, 5.41) is 1.21. The van der Waals surface area contributed by atoms with E-state index in [0.717, 1.165) is 67.0 Å². The fourth-order valence-electron chi connectivity index (χ4n) is 4.99. The number of hydrogen-bond donors (Lipinski definition) is 3. The van der Waals surface area contributed by atoms with Crippen molar-refractivity contribution < 1.29 is 4.74 Å². The number of nitrogens with zero attached hydrogens (tertiary/aromatic N) is 2. The number of imidazole rings is 1. The average molecular weight is 452 g/mol. The van der Waals surface area contributed by atoms with Gasteiger partial charge in [0.05, 0.1) is 5.52 Å². The Labute approximate surface area is 198 Å². The molecule has 1 aliphatic heterocycles. The van der Waals surface area contributed by atoms with E-state index in [1.165, 1.54) is 22.1 Å². The Kier molecular flexibility index (Phi) is 5.30. The normalized spacial score (nSPS) is 14.9. The molecule has 0 saturated carbocycles. The first kappa shape index (κ1) is 20.9. The number of aromatic nitrogens is 4. The van der Waals surface area contributed by atoms with Gasteiger partial charge in [-0.25, -0.2) is 9.97 Å². The van der Waals surface area contributed by atoms with Gasteiger partial charge in [0.15, 0.2) is 5.65 Å². The molecule has 1 fully saturated rings. The van der Waals surface area contributed by atoms with Gasteiger partial charge in [0.1, 0.15) is 11.6 Å². The van der Waals surface area contributed by atoms with Crippen LogP contribution in [0.5, 0.6) is 0 Å². The average Bonchev–Trinajstić information content (AvgIpc) is 3.44. The number of anilines is 1. The Morgan fingerprint density at radius 2 is 1.74 bits per heavy atom. The van der Waals surface area contributed by atoms with Crippen molar-refractivity contribution in [2.75, 3.05) is 18.9 Å². The molecule has 4 heterocycles. The van der Waals surface area contributed by atoms with Crippen LogP contribution >= 0.6 is 0 Å². The Morgan fingerprint density at radius 1 is 0.941 bits per heavy atom. The number of ether oxygens (including phenoxy) is 1. The first-order valence-electron chi connectivity index (χ1n) is 12.0. The van der Waals surface area contributed by atoms with Gasteiger partial charge in [-0.2, -0.15) is 0 Å². The molecule has 4 N–H and O–H groups in total. The predicted octanol–water partition coefficient (Wildman–Crippen LogP) is 5.56. The van der Waals surface area contributed by atoms with Gasteiger partial charge in [-0.05, 0) is 67.5 Å². The van der Waals surface area contributed by atoms with Crippen molar-refractivity contribution in [1.82, 2.24) is 19.9 Å². The molecule has 0 unspecified atom stereocenters. The van der Waals surface area contributed by atoms with Crippen LogP contribution < -0.4 is 5.73 Å². The highest BCUT2D eigenvalue weighted by Gasteiger charge is 2.16. The summed E-state index contributed by atoms with van der Waals surface area (Å²) in [6.07, 6.45) is 4.12. The van der Waals surface area contributed by atoms with Crippen LogP contribution in [0.4, 0.5) is 5.82 Å². The number of nitrogen functional groups attached to an aromatic ring is 1. The third-order valence-electron chi connectivity index (χ3n) is 6.86. The lowest BCUT2D eigenvalue weighted by atomic mass is 9.92. The van der Waals surface area contributed by atoms with Crippen molar-refractivity contribution in [2.24, 2.45) is 5.92 Å². The maximum absolute atomic E-state index is 6.17. The second-order valence-corrected chi connectivity index (χ2v) is 9.50. The number of aromatic amines is 2. The molecule has 172 valence electrons. The van der Waals surface area contributed by atoms with E-state index in [2.05, 4.69) is 70.4 Å². The van der Waals surface area contributed by atoms with Crippen molar-refractivity contribution in [2.45, 2.75) is 32.6 Å². The lowest BCUT2D eigenvalue weighted by Crippen LogP contribution is -2.17. The quantitative estimate of drug-likeness (QED) is 0.326. The van der Waals surface area contributed by atoms with E-state index in [9.17, 15) is 0 Å². The molecule has 0 aliphatic carbocycles. The van der Waals surface area contributed by atoms with Gasteiger partial charge in [-0.1, -0.05) is 35.9 Å². The number of fused-ring (bicyclic) bond motifs is 2. The first-order valence-corrected chi connectivity index (χ1v) is 12.0. The van der Waals surface area contributed by atoms with E-state index in [0.29, 0.717) is 17.4 Å². The highest BCUT2D eigenvalue weighted by Crippen LogP contribution is 2.31. The van der Waals surface area contributed by atoms with Crippen LogP contribution in [-0.2, 0) is 17.6 Å². The van der Waals surface area contributed by atoms with Crippen molar-refractivity contribution in [3.8, 4) is 11.3 Å². The van der Waals surface area contributed by atoms with Gasteiger partial charge in [-0.15, -0.1) is 0 Å². The third-order valence-corrected chi connectivity index (χ3v) is 6.86. The van der Waals surface area contributed by atoms with Gasteiger partial charge in [0.2, 0.25) is 0 Å².